The Labute approximate surface area is 374 Å². The van der Waals surface area contributed by atoms with Crippen LogP contribution in [0, 0.1) is 0 Å². The van der Waals surface area contributed by atoms with Crippen LogP contribution in [0.3, 0.4) is 0 Å². The van der Waals surface area contributed by atoms with E-state index in [1.807, 2.05) is 0 Å². The maximum Gasteiger partial charge on any atom is 0.472 e. The van der Waals surface area contributed by atoms with Gasteiger partial charge in [-0.2, -0.15) is 0 Å². The quantitative estimate of drug-likeness (QED) is 0.0233. The number of aliphatic hydroxyl groups excluding tert-OH is 2. The highest BCUT2D eigenvalue weighted by molar-refractivity contribution is 7.47. The van der Waals surface area contributed by atoms with E-state index in [2.05, 4.69) is 38.2 Å². The topological polar surface area (TPSA) is 149 Å². The van der Waals surface area contributed by atoms with E-state index in [-0.39, 0.29) is 19.4 Å². The molecule has 0 bridgehead atoms. The lowest BCUT2D eigenvalue weighted by atomic mass is 10.0. The van der Waals surface area contributed by atoms with Crippen molar-refractivity contribution in [1.29, 1.82) is 0 Å². The van der Waals surface area contributed by atoms with Crippen LogP contribution in [0.2, 0.25) is 0 Å². The van der Waals surface area contributed by atoms with Crippen LogP contribution < -0.4 is 0 Å². The lowest BCUT2D eigenvalue weighted by Gasteiger charge is -2.20. The number of rotatable bonds is 48. The summed E-state index contributed by atoms with van der Waals surface area (Å²) >= 11 is 0. The average molecular weight is 887 g/mol. The molecule has 1 unspecified atom stereocenters. The molecule has 0 saturated heterocycles. The summed E-state index contributed by atoms with van der Waals surface area (Å²) in [5.41, 5.74) is 0. The van der Waals surface area contributed by atoms with Gasteiger partial charge in [0.2, 0.25) is 0 Å². The minimum Gasteiger partial charge on any atom is -0.462 e. The first-order valence-electron chi connectivity index (χ1n) is 25.3. The molecule has 0 aromatic rings. The highest BCUT2D eigenvalue weighted by Crippen LogP contribution is 2.43. The molecule has 3 atom stereocenters. The van der Waals surface area contributed by atoms with Gasteiger partial charge < -0.3 is 24.6 Å². The number of carbonyl (C=O) groups excluding carboxylic acids is 2. The van der Waals surface area contributed by atoms with Crippen LogP contribution in [0.25, 0.3) is 0 Å². The maximum atomic E-state index is 12.6. The van der Waals surface area contributed by atoms with E-state index in [1.54, 1.807) is 0 Å². The number of esters is 2. The van der Waals surface area contributed by atoms with E-state index < -0.39 is 51.8 Å². The minimum absolute atomic E-state index is 0.170. The second-order valence-corrected chi connectivity index (χ2v) is 18.7. The van der Waals surface area contributed by atoms with Crippen LogP contribution in [0.1, 0.15) is 245 Å². The third-order valence-corrected chi connectivity index (χ3v) is 12.1. The van der Waals surface area contributed by atoms with E-state index in [0.717, 1.165) is 57.8 Å². The van der Waals surface area contributed by atoms with Gasteiger partial charge >= 0.3 is 19.8 Å². The molecule has 0 spiro atoms. The Morgan fingerprint density at radius 1 is 0.492 bits per heavy atom. The number of carbonyl (C=O) groups is 2. The Bertz CT molecular complexity index is 1070. The molecule has 0 amide bonds. The van der Waals surface area contributed by atoms with Crippen molar-refractivity contribution in [3.05, 3.63) is 24.3 Å². The first-order valence-corrected chi connectivity index (χ1v) is 26.8. The molecule has 0 saturated carbocycles. The van der Waals surface area contributed by atoms with Gasteiger partial charge in [-0.3, -0.25) is 18.6 Å². The zero-order chi connectivity index (χ0) is 44.8. The molecule has 0 rings (SSSR count). The Balaban J connectivity index is 4.13. The van der Waals surface area contributed by atoms with E-state index in [4.69, 9.17) is 23.6 Å². The molecule has 0 fully saturated rings. The first kappa shape index (κ1) is 59.5. The average Bonchev–Trinajstić information content (AvgIpc) is 3.25. The van der Waals surface area contributed by atoms with E-state index >= 15 is 0 Å². The van der Waals surface area contributed by atoms with Gasteiger partial charge in [0, 0.05) is 12.8 Å². The maximum absolute atomic E-state index is 12.6. The van der Waals surface area contributed by atoms with Crippen LogP contribution in [0.5, 0.6) is 0 Å². The normalized spacial score (nSPS) is 13.9. The van der Waals surface area contributed by atoms with Gasteiger partial charge in [-0.15, -0.1) is 0 Å². The van der Waals surface area contributed by atoms with Crippen molar-refractivity contribution in [3.63, 3.8) is 0 Å². The minimum atomic E-state index is -4.62. The van der Waals surface area contributed by atoms with Crippen molar-refractivity contribution in [3.8, 4) is 0 Å². The van der Waals surface area contributed by atoms with Crippen molar-refractivity contribution < 1.29 is 47.8 Å². The summed E-state index contributed by atoms with van der Waals surface area (Å²) in [4.78, 5) is 35.1. The molecule has 0 aliphatic carbocycles. The lowest BCUT2D eigenvalue weighted by molar-refractivity contribution is -0.161. The summed E-state index contributed by atoms with van der Waals surface area (Å²) in [6.45, 7) is 2.39. The fourth-order valence-electron chi connectivity index (χ4n) is 7.22. The van der Waals surface area contributed by atoms with Gasteiger partial charge in [-0.1, -0.05) is 218 Å². The largest absolute Gasteiger partial charge is 0.472 e. The van der Waals surface area contributed by atoms with Crippen LogP contribution in [-0.2, 0) is 32.7 Å². The number of hydrogen-bond donors (Lipinski definition) is 3. The van der Waals surface area contributed by atoms with Crippen molar-refractivity contribution >= 4 is 19.8 Å². The number of phosphoric acid groups is 1. The van der Waals surface area contributed by atoms with Gasteiger partial charge in [0.15, 0.2) is 6.10 Å². The summed E-state index contributed by atoms with van der Waals surface area (Å²) in [7, 11) is -4.62. The zero-order valence-corrected chi connectivity index (χ0v) is 40.3. The summed E-state index contributed by atoms with van der Waals surface area (Å²) in [5, 5.41) is 18.4. The first-order chi connectivity index (χ1) is 29.7. The smallest absolute Gasteiger partial charge is 0.462 e. The molecule has 0 aliphatic rings. The van der Waals surface area contributed by atoms with Crippen molar-refractivity contribution in [2.45, 2.75) is 257 Å². The van der Waals surface area contributed by atoms with E-state index in [9.17, 15) is 24.2 Å². The predicted octanol–water partition coefficient (Wildman–Crippen LogP) is 14.1. The van der Waals surface area contributed by atoms with Gasteiger partial charge in [0.05, 0.1) is 19.8 Å². The fourth-order valence-corrected chi connectivity index (χ4v) is 8.01. The zero-order valence-electron chi connectivity index (χ0n) is 39.4. The summed E-state index contributed by atoms with van der Waals surface area (Å²) in [6, 6.07) is 0. The standard InChI is InChI=1S/C50H95O10P/c1-3-5-7-9-11-13-15-17-19-20-21-22-23-24-25-26-28-29-31-33-35-37-39-41-49(53)57-45-48(46-59-61(55,56)58-44-47(52)43-51)60-50(54)42-40-38-36-34-32-30-27-18-16-14-12-10-8-6-4-2/h14,16,18,27,47-48,51-52H,3-13,15,17,19-26,28-46H2,1-2H3,(H,55,56)/b16-14+,27-18+/t47-,48+/m1/s1. The molecule has 10 nitrogen and oxygen atoms in total. The number of hydrogen-bond acceptors (Lipinski definition) is 9. The second-order valence-electron chi connectivity index (χ2n) is 17.2. The molecule has 3 N–H and O–H groups in total. The molecule has 0 aromatic carbocycles. The molecular formula is C50H95O10P. The third-order valence-electron chi connectivity index (χ3n) is 11.1. The molecular weight excluding hydrogens is 792 g/mol. The monoisotopic (exact) mass is 887 g/mol. The number of aliphatic hydroxyl groups is 2. The van der Waals surface area contributed by atoms with Crippen molar-refractivity contribution in [2.24, 2.45) is 0 Å². The number of ether oxygens (including phenoxy) is 2. The van der Waals surface area contributed by atoms with Crippen LogP contribution in [0.4, 0.5) is 0 Å². The van der Waals surface area contributed by atoms with Gasteiger partial charge in [0.25, 0.3) is 0 Å². The van der Waals surface area contributed by atoms with Gasteiger partial charge in [-0.05, 0) is 38.5 Å². The summed E-state index contributed by atoms with van der Waals surface area (Å²) in [6.07, 6.45) is 48.7. The Kier molecular flexibility index (Phi) is 45.3. The number of allylic oxidation sites excluding steroid dienone is 4. The Morgan fingerprint density at radius 3 is 1.25 bits per heavy atom. The van der Waals surface area contributed by atoms with E-state index in [0.29, 0.717) is 12.8 Å². The SMILES string of the molecule is CCCCCC/C=C/C=C/CCCCCCCC(=O)O[C@@H](COC(=O)CCCCCCCCCCCCCCCCCCCCCCCCC)COP(=O)(O)OC[C@H](O)CO. The fraction of sp³-hybridized carbons (Fsp3) is 0.880. The van der Waals surface area contributed by atoms with Crippen LogP contribution in [0.15, 0.2) is 24.3 Å². The lowest BCUT2D eigenvalue weighted by Crippen LogP contribution is -2.29. The summed E-state index contributed by atoms with van der Waals surface area (Å²) < 4.78 is 32.8. The van der Waals surface area contributed by atoms with Crippen molar-refractivity contribution in [1.82, 2.24) is 0 Å². The third kappa shape index (κ3) is 46.3. The van der Waals surface area contributed by atoms with Crippen LogP contribution in [-0.4, -0.2) is 65.7 Å². The van der Waals surface area contributed by atoms with E-state index in [1.165, 1.54) is 148 Å². The predicted molar refractivity (Wildman–Crippen MR) is 252 cm³/mol. The molecule has 61 heavy (non-hydrogen) atoms. The molecule has 0 aromatic heterocycles. The van der Waals surface area contributed by atoms with Gasteiger partial charge in [0.1, 0.15) is 12.7 Å². The number of unbranched alkanes of at least 4 members (excludes halogenated alkanes) is 31. The number of phosphoric ester groups is 1. The highest BCUT2D eigenvalue weighted by atomic mass is 31.2. The second kappa shape index (κ2) is 46.4. The Morgan fingerprint density at radius 2 is 0.836 bits per heavy atom. The highest BCUT2D eigenvalue weighted by Gasteiger charge is 2.27. The molecule has 11 heteroatoms. The van der Waals surface area contributed by atoms with Crippen molar-refractivity contribution in [2.75, 3.05) is 26.4 Å². The molecule has 360 valence electrons. The Hall–Kier alpha value is -1.55. The molecule has 0 radical (unpaired) electrons. The molecule has 0 aliphatic heterocycles. The van der Waals surface area contributed by atoms with Gasteiger partial charge in [-0.25, -0.2) is 4.57 Å². The summed E-state index contributed by atoms with van der Waals surface area (Å²) in [5.74, 6) is -0.930. The van der Waals surface area contributed by atoms with Crippen LogP contribution >= 0.6 is 7.82 Å². The molecule has 0 heterocycles.